The summed E-state index contributed by atoms with van der Waals surface area (Å²) in [6.45, 7) is 4.00. The first-order valence-electron chi connectivity index (χ1n) is 9.42. The molecule has 0 spiro atoms. The second-order valence-corrected chi connectivity index (χ2v) is 7.29. The van der Waals surface area contributed by atoms with Gasteiger partial charge in [0, 0.05) is 18.2 Å². The highest BCUT2D eigenvalue weighted by atomic mass is 35.5. The van der Waals surface area contributed by atoms with E-state index in [9.17, 15) is 4.79 Å². The Hall–Kier alpha value is -3.27. The lowest BCUT2D eigenvalue weighted by Crippen LogP contribution is -2.48. The van der Waals surface area contributed by atoms with E-state index < -0.39 is 6.03 Å². The van der Waals surface area contributed by atoms with Crippen molar-refractivity contribution < 1.29 is 14.3 Å². The molecule has 164 valence electrons. The van der Waals surface area contributed by atoms with Crippen LogP contribution >= 0.6 is 11.6 Å². The van der Waals surface area contributed by atoms with E-state index in [0.29, 0.717) is 27.9 Å². The van der Waals surface area contributed by atoms with Crippen molar-refractivity contribution in [3.05, 3.63) is 58.2 Å². The molecule has 0 aliphatic heterocycles. The normalized spacial score (nSPS) is 10.7. The maximum Gasteiger partial charge on any atom is 0.350 e. The number of hydrogen-bond acceptors (Lipinski definition) is 6. The maximum absolute atomic E-state index is 11.9. The van der Waals surface area contributed by atoms with Gasteiger partial charge < -0.3 is 9.47 Å². The summed E-state index contributed by atoms with van der Waals surface area (Å²) in [5.41, 5.74) is 6.61. The molecule has 9 nitrogen and oxygen atoms in total. The lowest BCUT2D eigenvalue weighted by Gasteiger charge is -2.21. The number of rotatable bonds is 6. The number of carbonyl (C=O) groups is 1. The molecule has 1 aromatic heterocycles. The number of anilines is 1. The Bertz CT molecular complexity index is 1110. The molecular formula is C21H25ClN6O3. The van der Waals surface area contributed by atoms with E-state index in [1.165, 1.54) is 7.11 Å². The summed E-state index contributed by atoms with van der Waals surface area (Å²) < 4.78 is 13.1. The highest BCUT2D eigenvalue weighted by molar-refractivity contribution is 6.30. The van der Waals surface area contributed by atoms with Crippen LogP contribution in [0.2, 0.25) is 5.15 Å². The Balaban J connectivity index is 1.88. The molecule has 3 aromatic rings. The van der Waals surface area contributed by atoms with E-state index in [4.69, 9.17) is 32.8 Å². The van der Waals surface area contributed by atoms with Crippen LogP contribution in [0.5, 0.6) is 11.5 Å². The predicted molar refractivity (Wildman–Crippen MR) is 120 cm³/mol. The first kappa shape index (κ1) is 22.4. The minimum Gasteiger partial charge on any atom is -0.496 e. The SMILES string of the molecule is COc1cccc(N(N)C(=O)NN)c1COc1ccc(-c2nn(C)c(Cl)c2C)cc1C. The summed E-state index contributed by atoms with van der Waals surface area (Å²) in [4.78, 5) is 11.9. The largest absolute Gasteiger partial charge is 0.496 e. The van der Waals surface area contributed by atoms with Gasteiger partial charge in [0.15, 0.2) is 0 Å². The van der Waals surface area contributed by atoms with Crippen LogP contribution in [0.1, 0.15) is 16.7 Å². The number of ether oxygens (including phenoxy) is 2. The van der Waals surface area contributed by atoms with Crippen molar-refractivity contribution in [2.45, 2.75) is 20.5 Å². The van der Waals surface area contributed by atoms with Gasteiger partial charge in [0.25, 0.3) is 0 Å². The lowest BCUT2D eigenvalue weighted by atomic mass is 10.1. The minimum atomic E-state index is -0.667. The van der Waals surface area contributed by atoms with E-state index in [2.05, 4.69) is 5.10 Å². The number of carbonyl (C=O) groups excluding carboxylic acids is 1. The minimum absolute atomic E-state index is 0.125. The Morgan fingerprint density at radius 3 is 2.58 bits per heavy atom. The molecule has 0 unspecified atom stereocenters. The Morgan fingerprint density at radius 2 is 2.00 bits per heavy atom. The van der Waals surface area contributed by atoms with Gasteiger partial charge in [-0.1, -0.05) is 17.7 Å². The van der Waals surface area contributed by atoms with Crippen molar-refractivity contribution in [1.29, 1.82) is 0 Å². The summed E-state index contributed by atoms with van der Waals surface area (Å²) >= 11 is 6.25. The monoisotopic (exact) mass is 444 g/mol. The fourth-order valence-corrected chi connectivity index (χ4v) is 3.41. The van der Waals surface area contributed by atoms with Crippen molar-refractivity contribution in [3.63, 3.8) is 0 Å². The summed E-state index contributed by atoms with van der Waals surface area (Å²) in [6.07, 6.45) is 0. The number of hydrazine groups is 2. The van der Waals surface area contributed by atoms with Gasteiger partial charge in [-0.3, -0.25) is 10.1 Å². The summed E-state index contributed by atoms with van der Waals surface area (Å²) in [6, 6.07) is 10.3. The van der Waals surface area contributed by atoms with Gasteiger partial charge in [0.1, 0.15) is 23.3 Å². The quantitative estimate of drug-likeness (QED) is 0.305. The third-order valence-electron chi connectivity index (χ3n) is 4.95. The molecule has 0 radical (unpaired) electrons. The number of urea groups is 1. The highest BCUT2D eigenvalue weighted by Crippen LogP contribution is 2.33. The van der Waals surface area contributed by atoms with Crippen LogP contribution in [-0.2, 0) is 13.7 Å². The summed E-state index contributed by atoms with van der Waals surface area (Å²) in [5.74, 6) is 12.3. The van der Waals surface area contributed by atoms with Crippen molar-refractivity contribution in [2.24, 2.45) is 18.7 Å². The molecule has 1 heterocycles. The Kier molecular flexibility index (Phi) is 6.69. The molecule has 0 saturated carbocycles. The van der Waals surface area contributed by atoms with Crippen LogP contribution < -0.4 is 31.6 Å². The molecule has 0 fully saturated rings. The second-order valence-electron chi connectivity index (χ2n) is 6.93. The molecule has 5 N–H and O–H groups in total. The molecule has 0 aliphatic carbocycles. The second kappa shape index (κ2) is 9.25. The zero-order chi connectivity index (χ0) is 22.7. The molecule has 10 heteroatoms. The molecule has 0 atom stereocenters. The number of aryl methyl sites for hydroxylation is 2. The molecule has 3 rings (SSSR count). The first-order valence-corrected chi connectivity index (χ1v) is 9.80. The van der Waals surface area contributed by atoms with Gasteiger partial charge >= 0.3 is 6.03 Å². The summed E-state index contributed by atoms with van der Waals surface area (Å²) in [7, 11) is 3.34. The van der Waals surface area contributed by atoms with Gasteiger partial charge in [-0.2, -0.15) is 5.10 Å². The molecule has 2 aromatic carbocycles. The smallest absolute Gasteiger partial charge is 0.350 e. The van der Waals surface area contributed by atoms with Crippen molar-refractivity contribution in [1.82, 2.24) is 15.2 Å². The van der Waals surface area contributed by atoms with E-state index in [-0.39, 0.29) is 6.61 Å². The predicted octanol–water partition coefficient (Wildman–Crippen LogP) is 3.21. The maximum atomic E-state index is 11.9. The Labute approximate surface area is 185 Å². The summed E-state index contributed by atoms with van der Waals surface area (Å²) in [5, 5.41) is 5.99. The van der Waals surface area contributed by atoms with Crippen LogP contribution in [0.4, 0.5) is 10.5 Å². The third kappa shape index (κ3) is 4.43. The van der Waals surface area contributed by atoms with Crippen molar-refractivity contribution in [2.75, 3.05) is 12.1 Å². The number of nitrogens with one attached hydrogen (secondary N) is 1. The number of amides is 2. The number of hydrogen-bond donors (Lipinski definition) is 3. The first-order chi connectivity index (χ1) is 14.8. The molecular weight excluding hydrogens is 420 g/mol. The van der Waals surface area contributed by atoms with Crippen molar-refractivity contribution >= 4 is 23.3 Å². The van der Waals surface area contributed by atoms with Gasteiger partial charge in [0.05, 0.1) is 24.1 Å². The fraction of sp³-hybridized carbons (Fsp3) is 0.238. The van der Waals surface area contributed by atoms with Gasteiger partial charge in [-0.05, 0) is 49.7 Å². The highest BCUT2D eigenvalue weighted by Gasteiger charge is 2.19. The lowest BCUT2D eigenvalue weighted by molar-refractivity contribution is 0.246. The zero-order valence-corrected chi connectivity index (χ0v) is 18.5. The van der Waals surface area contributed by atoms with Crippen molar-refractivity contribution in [3.8, 4) is 22.8 Å². The van der Waals surface area contributed by atoms with Crippen LogP contribution in [0.25, 0.3) is 11.3 Å². The van der Waals surface area contributed by atoms with Crippen LogP contribution in [0.15, 0.2) is 36.4 Å². The zero-order valence-electron chi connectivity index (χ0n) is 17.8. The molecule has 2 amide bonds. The van der Waals surface area contributed by atoms with E-state index in [1.807, 2.05) is 37.5 Å². The topological polar surface area (TPSA) is 121 Å². The van der Waals surface area contributed by atoms with Gasteiger partial charge in [-0.25, -0.2) is 21.5 Å². The van der Waals surface area contributed by atoms with E-state index in [1.54, 1.807) is 29.9 Å². The molecule has 0 bridgehead atoms. The number of aromatic nitrogens is 2. The standard InChI is InChI=1S/C21H25ClN6O3/c1-12-10-14(19-13(2)20(22)27(3)26-19)8-9-17(12)31-11-15-16(28(24)21(29)25-23)6-5-7-18(15)30-4/h5-10H,11,23-24H2,1-4H3,(H,25,29). The van der Waals surface area contributed by atoms with Gasteiger partial charge in [0.2, 0.25) is 0 Å². The average Bonchev–Trinajstić information content (AvgIpc) is 3.04. The third-order valence-corrected chi connectivity index (χ3v) is 5.48. The Morgan fingerprint density at radius 1 is 1.26 bits per heavy atom. The average molecular weight is 445 g/mol. The molecule has 31 heavy (non-hydrogen) atoms. The van der Waals surface area contributed by atoms with E-state index >= 15 is 0 Å². The fourth-order valence-electron chi connectivity index (χ4n) is 3.29. The van der Waals surface area contributed by atoms with Crippen LogP contribution in [0, 0.1) is 13.8 Å². The molecule has 0 saturated heterocycles. The number of halogens is 1. The van der Waals surface area contributed by atoms with Crippen LogP contribution in [-0.4, -0.2) is 22.9 Å². The van der Waals surface area contributed by atoms with E-state index in [0.717, 1.165) is 27.4 Å². The van der Waals surface area contributed by atoms with Gasteiger partial charge in [-0.15, -0.1) is 0 Å². The number of methoxy groups -OCH3 is 1. The number of nitrogens with zero attached hydrogens (tertiary/aromatic N) is 3. The number of benzene rings is 2. The van der Waals surface area contributed by atoms with Crippen LogP contribution in [0.3, 0.4) is 0 Å². The number of nitrogens with two attached hydrogens (primary N) is 2. The molecule has 0 aliphatic rings.